The lowest BCUT2D eigenvalue weighted by Crippen LogP contribution is -2.22. The molecule has 0 bridgehead atoms. The molecule has 45 heavy (non-hydrogen) atoms. The van der Waals surface area contributed by atoms with Gasteiger partial charge < -0.3 is 4.74 Å². The second kappa shape index (κ2) is 11.4. The van der Waals surface area contributed by atoms with Crippen molar-refractivity contribution in [3.8, 4) is 11.6 Å². The molecule has 0 aliphatic carbocycles. The predicted octanol–water partition coefficient (Wildman–Crippen LogP) is 8.49. The molecule has 3 heterocycles. The van der Waals surface area contributed by atoms with E-state index >= 15 is 0 Å². The molecule has 220 valence electrons. The Hall–Kier alpha value is -5.75. The summed E-state index contributed by atoms with van der Waals surface area (Å²) >= 11 is 0. The number of nitrogens with zero attached hydrogens (tertiary/aromatic N) is 4. The Morgan fingerprint density at radius 2 is 1.33 bits per heavy atom. The molecule has 1 aromatic heterocycles. The number of carbonyl (C=O) groups excluding carboxylic acids is 1. The first-order chi connectivity index (χ1) is 21.9. The smallest absolute Gasteiger partial charge is 0.281 e. The van der Waals surface area contributed by atoms with Gasteiger partial charge >= 0.3 is 0 Å². The fourth-order valence-electron chi connectivity index (χ4n) is 5.75. The number of amides is 1. The molecule has 4 aromatic carbocycles. The first-order valence-electron chi connectivity index (χ1n) is 15.0. The van der Waals surface area contributed by atoms with Gasteiger partial charge in [-0.1, -0.05) is 96.1 Å². The summed E-state index contributed by atoms with van der Waals surface area (Å²) in [6.45, 7) is 8.01. The monoisotopic (exact) mass is 588 g/mol. The molecule has 0 atom stereocenters. The number of benzene rings is 4. The largest absolute Gasteiger partial charge is 0.438 e. The van der Waals surface area contributed by atoms with Crippen molar-refractivity contribution >= 4 is 34.2 Å². The number of aromatic nitrogens is 2. The zero-order valence-electron chi connectivity index (χ0n) is 25.7. The Labute approximate surface area is 262 Å². The van der Waals surface area contributed by atoms with Gasteiger partial charge in [-0.15, -0.1) is 0 Å². The van der Waals surface area contributed by atoms with Crippen molar-refractivity contribution in [3.63, 3.8) is 0 Å². The molecule has 0 spiro atoms. The average Bonchev–Trinajstić information content (AvgIpc) is 3.56. The van der Waals surface area contributed by atoms with Crippen LogP contribution < -0.4 is 9.75 Å². The summed E-state index contributed by atoms with van der Waals surface area (Å²) < 4.78 is 8.50. The number of hydrogen-bond donors (Lipinski definition) is 0. The maximum atomic E-state index is 14.1. The molecule has 0 N–H and O–H groups in total. The van der Waals surface area contributed by atoms with Gasteiger partial charge in [0.1, 0.15) is 5.76 Å². The van der Waals surface area contributed by atoms with Gasteiger partial charge in [-0.25, -0.2) is 0 Å². The Bertz CT molecular complexity index is 2050. The van der Waals surface area contributed by atoms with E-state index in [1.807, 2.05) is 85.3 Å². The lowest BCUT2D eigenvalue weighted by atomic mass is 9.91. The first kappa shape index (κ1) is 28.0. The van der Waals surface area contributed by atoms with Crippen LogP contribution in [0.25, 0.3) is 22.6 Å². The Morgan fingerprint density at radius 1 is 0.733 bits per heavy atom. The van der Waals surface area contributed by atoms with E-state index in [2.05, 4.69) is 68.5 Å². The Kier molecular flexibility index (Phi) is 7.10. The van der Waals surface area contributed by atoms with Gasteiger partial charge in [-0.2, -0.15) is 19.9 Å². The zero-order valence-corrected chi connectivity index (χ0v) is 25.7. The maximum absolute atomic E-state index is 14.1. The van der Waals surface area contributed by atoms with E-state index in [0.717, 1.165) is 50.5 Å². The summed E-state index contributed by atoms with van der Waals surface area (Å²) in [6.07, 6.45) is 4.14. The number of hydrazone groups is 1. The molecule has 2 aliphatic rings. The number of aryl methyl sites for hydroxylation is 3. The van der Waals surface area contributed by atoms with E-state index in [9.17, 15) is 4.79 Å². The maximum Gasteiger partial charge on any atom is 0.281 e. The van der Waals surface area contributed by atoms with Gasteiger partial charge in [0.2, 0.25) is 5.88 Å². The number of carbonyl (C=O) groups is 1. The van der Waals surface area contributed by atoms with Crippen molar-refractivity contribution in [2.75, 3.05) is 5.01 Å². The molecule has 5 aromatic rings. The number of allylic oxidation sites excluding steroid dienone is 4. The number of para-hydroxylation sites is 2. The minimum Gasteiger partial charge on any atom is -0.438 e. The second-order valence-corrected chi connectivity index (χ2v) is 11.4. The lowest BCUT2D eigenvalue weighted by molar-refractivity contribution is -0.114. The highest BCUT2D eigenvalue weighted by Gasteiger charge is 2.33. The zero-order chi connectivity index (χ0) is 31.1. The van der Waals surface area contributed by atoms with E-state index in [-0.39, 0.29) is 5.91 Å². The van der Waals surface area contributed by atoms with Crippen LogP contribution in [0.3, 0.4) is 0 Å². The molecule has 0 fully saturated rings. The second-order valence-electron chi connectivity index (χ2n) is 11.4. The molecule has 0 unspecified atom stereocenters. The Balaban J connectivity index is 1.47. The molecule has 7 rings (SSSR count). The topological polar surface area (TPSA) is 59.7 Å². The minimum atomic E-state index is -0.169. The Morgan fingerprint density at radius 3 is 1.98 bits per heavy atom. The van der Waals surface area contributed by atoms with Crippen LogP contribution in [0.5, 0.6) is 5.88 Å². The third kappa shape index (κ3) is 5.21. The molecular weight excluding hydrogens is 556 g/mol. The van der Waals surface area contributed by atoms with Crippen molar-refractivity contribution in [3.05, 3.63) is 160 Å². The first-order valence-corrected chi connectivity index (χ1v) is 15.0. The molecule has 0 saturated heterocycles. The summed E-state index contributed by atoms with van der Waals surface area (Å²) in [5.41, 5.74) is 10.4. The van der Waals surface area contributed by atoms with Crippen molar-refractivity contribution in [1.29, 1.82) is 0 Å². The van der Waals surface area contributed by atoms with Crippen LogP contribution >= 0.6 is 0 Å². The van der Waals surface area contributed by atoms with E-state index in [0.29, 0.717) is 22.9 Å². The van der Waals surface area contributed by atoms with Gasteiger partial charge in [0.15, 0.2) is 0 Å². The van der Waals surface area contributed by atoms with Gasteiger partial charge in [0.25, 0.3) is 5.91 Å². The van der Waals surface area contributed by atoms with Crippen molar-refractivity contribution in [2.45, 2.75) is 27.7 Å². The molecule has 1 amide bonds. The van der Waals surface area contributed by atoms with E-state index in [4.69, 9.17) is 14.9 Å². The van der Waals surface area contributed by atoms with Crippen molar-refractivity contribution in [1.82, 2.24) is 9.78 Å². The quantitative estimate of drug-likeness (QED) is 0.194. The van der Waals surface area contributed by atoms with Crippen LogP contribution in [0.1, 0.15) is 40.4 Å². The number of fused-ring (bicyclic) bond motifs is 1. The van der Waals surface area contributed by atoms with Gasteiger partial charge in [0.05, 0.1) is 33.9 Å². The van der Waals surface area contributed by atoms with E-state index < -0.39 is 0 Å². The summed E-state index contributed by atoms with van der Waals surface area (Å²) in [5, 5.41) is 11.1. The SMILES string of the molecule is CC1=NN(c2ccccc2)C(=O)/C1=C(\C=C1/C=C(c2ccc(C)cc2)Oc2c1c(C)nn2-c1ccccc1)c1ccc(C)cc1. The van der Waals surface area contributed by atoms with Gasteiger partial charge in [-0.3, -0.25) is 4.79 Å². The molecule has 0 radical (unpaired) electrons. The summed E-state index contributed by atoms with van der Waals surface area (Å²) in [7, 11) is 0. The predicted molar refractivity (Wildman–Crippen MR) is 181 cm³/mol. The van der Waals surface area contributed by atoms with Crippen LogP contribution in [0, 0.1) is 20.8 Å². The number of anilines is 1. The minimum absolute atomic E-state index is 0.169. The number of hydrogen-bond acceptors (Lipinski definition) is 4. The van der Waals surface area contributed by atoms with Crippen LogP contribution in [0.2, 0.25) is 0 Å². The number of rotatable bonds is 5. The summed E-state index contributed by atoms with van der Waals surface area (Å²) in [4.78, 5) is 14.1. The number of ether oxygens (including phenoxy) is 1. The van der Waals surface area contributed by atoms with Crippen LogP contribution in [-0.2, 0) is 4.79 Å². The van der Waals surface area contributed by atoms with E-state index in [1.54, 1.807) is 0 Å². The molecule has 6 nitrogen and oxygen atoms in total. The summed E-state index contributed by atoms with van der Waals surface area (Å²) in [6, 6.07) is 36.1. The van der Waals surface area contributed by atoms with E-state index in [1.165, 1.54) is 10.6 Å². The highest BCUT2D eigenvalue weighted by Crippen LogP contribution is 2.42. The van der Waals surface area contributed by atoms with Crippen molar-refractivity contribution < 1.29 is 9.53 Å². The average molecular weight is 589 g/mol. The molecular formula is C39H32N4O2. The van der Waals surface area contributed by atoms with Crippen molar-refractivity contribution in [2.24, 2.45) is 5.10 Å². The lowest BCUT2D eigenvalue weighted by Gasteiger charge is -2.20. The van der Waals surface area contributed by atoms with Gasteiger partial charge in [-0.05, 0) is 80.8 Å². The van der Waals surface area contributed by atoms with Crippen LogP contribution in [-0.4, -0.2) is 21.4 Å². The fourth-order valence-corrected chi connectivity index (χ4v) is 5.75. The fraction of sp³-hybridized carbons (Fsp3) is 0.103. The van der Waals surface area contributed by atoms with Crippen LogP contribution in [0.4, 0.5) is 5.69 Å². The standard InChI is InChI=1S/C39H32N4O2/c1-25-15-19-29(20-16-25)34(37-28(4)40-42(38(37)44)32-11-7-5-8-12-32)23-31-24-35(30-21-17-26(2)18-22-30)45-39-36(31)27(3)41-43(39)33-13-9-6-10-14-33/h5-24H,1-4H3/b31-23+,37-34+. The molecule has 6 heteroatoms. The highest BCUT2D eigenvalue weighted by atomic mass is 16.5. The third-order valence-corrected chi connectivity index (χ3v) is 8.09. The third-order valence-electron chi connectivity index (χ3n) is 8.09. The van der Waals surface area contributed by atoms with Gasteiger partial charge in [0, 0.05) is 5.56 Å². The molecule has 2 aliphatic heterocycles. The molecule has 0 saturated carbocycles. The highest BCUT2D eigenvalue weighted by molar-refractivity contribution is 6.34. The normalized spacial score (nSPS) is 16.3. The summed E-state index contributed by atoms with van der Waals surface area (Å²) in [5.74, 6) is 1.16. The van der Waals surface area contributed by atoms with Crippen LogP contribution in [0.15, 0.2) is 132 Å².